The Morgan fingerprint density at radius 3 is 2.86 bits per heavy atom. The van der Waals surface area contributed by atoms with Crippen LogP contribution in [0.5, 0.6) is 0 Å². The van der Waals surface area contributed by atoms with E-state index < -0.39 is 0 Å². The van der Waals surface area contributed by atoms with E-state index in [-0.39, 0.29) is 11.9 Å². The van der Waals surface area contributed by atoms with E-state index in [9.17, 15) is 4.79 Å². The number of benzene rings is 1. The molecular weight excluding hydrogens is 352 g/mol. The van der Waals surface area contributed by atoms with Crippen LogP contribution in [0.4, 0.5) is 5.13 Å². The Hall–Kier alpha value is -1.73. The lowest BCUT2D eigenvalue weighted by molar-refractivity contribution is 0.102. The van der Waals surface area contributed by atoms with E-state index in [2.05, 4.69) is 31.3 Å². The molecule has 0 fully saturated rings. The van der Waals surface area contributed by atoms with Gasteiger partial charge in [-0.1, -0.05) is 17.4 Å². The van der Waals surface area contributed by atoms with Gasteiger partial charge in [-0.25, -0.2) is 4.98 Å². The summed E-state index contributed by atoms with van der Waals surface area (Å²) in [6.45, 7) is 4.03. The van der Waals surface area contributed by atoms with Gasteiger partial charge in [-0.3, -0.25) is 14.8 Å². The lowest BCUT2D eigenvalue weighted by Gasteiger charge is -2.03. The fourth-order valence-electron chi connectivity index (χ4n) is 1.88. The van der Waals surface area contributed by atoms with E-state index in [0.717, 1.165) is 14.7 Å². The van der Waals surface area contributed by atoms with Crippen molar-refractivity contribution in [3.05, 3.63) is 40.6 Å². The summed E-state index contributed by atoms with van der Waals surface area (Å²) in [6.07, 6.45) is 1.80. The van der Waals surface area contributed by atoms with E-state index in [1.54, 1.807) is 16.9 Å². The van der Waals surface area contributed by atoms with E-state index in [1.165, 1.54) is 11.3 Å². The van der Waals surface area contributed by atoms with Crippen molar-refractivity contribution in [2.45, 2.75) is 19.9 Å². The smallest absolute Gasteiger partial charge is 0.277 e. The van der Waals surface area contributed by atoms with Crippen LogP contribution < -0.4 is 5.32 Å². The molecule has 0 aliphatic heterocycles. The summed E-state index contributed by atoms with van der Waals surface area (Å²) in [5, 5.41) is 7.62. The first-order valence-corrected chi connectivity index (χ1v) is 8.07. The van der Waals surface area contributed by atoms with Crippen LogP contribution in [0.1, 0.15) is 30.4 Å². The molecule has 1 N–H and O–H groups in total. The summed E-state index contributed by atoms with van der Waals surface area (Å²) in [4.78, 5) is 16.6. The molecule has 0 bridgehead atoms. The van der Waals surface area contributed by atoms with E-state index >= 15 is 0 Å². The van der Waals surface area contributed by atoms with Crippen molar-refractivity contribution in [3.63, 3.8) is 0 Å². The number of hydrogen-bond donors (Lipinski definition) is 1. The number of amides is 1. The molecule has 3 aromatic rings. The van der Waals surface area contributed by atoms with Gasteiger partial charge in [0, 0.05) is 16.7 Å². The molecule has 0 atom stereocenters. The number of nitrogens with one attached hydrogen (secondary N) is 1. The Kier molecular flexibility index (Phi) is 3.77. The number of nitrogens with zero attached hydrogens (tertiary/aromatic N) is 3. The van der Waals surface area contributed by atoms with E-state index in [1.807, 2.05) is 32.0 Å². The van der Waals surface area contributed by atoms with Crippen molar-refractivity contribution in [1.29, 1.82) is 0 Å². The van der Waals surface area contributed by atoms with Gasteiger partial charge in [0.2, 0.25) is 0 Å². The lowest BCUT2D eigenvalue weighted by Crippen LogP contribution is -2.13. The second kappa shape index (κ2) is 5.57. The normalized spacial score (nSPS) is 11.2. The van der Waals surface area contributed by atoms with Crippen LogP contribution >= 0.6 is 27.3 Å². The van der Waals surface area contributed by atoms with E-state index in [0.29, 0.717) is 10.8 Å². The number of halogens is 1. The molecule has 5 nitrogen and oxygen atoms in total. The summed E-state index contributed by atoms with van der Waals surface area (Å²) in [5.41, 5.74) is 1.24. The minimum absolute atomic E-state index is 0.227. The molecule has 7 heteroatoms. The molecule has 0 aliphatic carbocycles. The van der Waals surface area contributed by atoms with Crippen LogP contribution in [-0.4, -0.2) is 20.7 Å². The first-order chi connectivity index (χ1) is 10.0. The van der Waals surface area contributed by atoms with Crippen molar-refractivity contribution in [1.82, 2.24) is 14.8 Å². The summed E-state index contributed by atoms with van der Waals surface area (Å²) < 4.78 is 3.69. The molecule has 1 amide bonds. The van der Waals surface area contributed by atoms with Crippen LogP contribution in [0, 0.1) is 0 Å². The number of rotatable bonds is 3. The van der Waals surface area contributed by atoms with Gasteiger partial charge in [0.1, 0.15) is 0 Å². The second-order valence-corrected chi connectivity index (χ2v) is 6.72. The van der Waals surface area contributed by atoms with Gasteiger partial charge in [-0.05, 0) is 48.0 Å². The maximum absolute atomic E-state index is 12.2. The molecule has 0 aliphatic rings. The number of aromatic nitrogens is 3. The van der Waals surface area contributed by atoms with Gasteiger partial charge in [0.05, 0.1) is 10.2 Å². The predicted octanol–water partition coefficient (Wildman–Crippen LogP) is 4.09. The second-order valence-electron chi connectivity index (χ2n) is 4.83. The fraction of sp³-hybridized carbons (Fsp3) is 0.214. The van der Waals surface area contributed by atoms with Crippen molar-refractivity contribution >= 4 is 48.5 Å². The highest BCUT2D eigenvalue weighted by atomic mass is 79.9. The number of hydrogen-bond acceptors (Lipinski definition) is 4. The Morgan fingerprint density at radius 2 is 2.19 bits per heavy atom. The first kappa shape index (κ1) is 14.2. The monoisotopic (exact) mass is 364 g/mol. The van der Waals surface area contributed by atoms with Gasteiger partial charge in [-0.2, -0.15) is 5.10 Å². The SMILES string of the molecule is CC(C)n1ccc(C(=O)Nc2nc3c(Br)cccc3s2)n1. The highest BCUT2D eigenvalue weighted by Crippen LogP contribution is 2.30. The van der Waals surface area contributed by atoms with Crippen molar-refractivity contribution in [2.24, 2.45) is 0 Å². The predicted molar refractivity (Wildman–Crippen MR) is 87.9 cm³/mol. The highest BCUT2D eigenvalue weighted by molar-refractivity contribution is 9.10. The molecule has 2 heterocycles. The molecular formula is C14H13BrN4OS. The van der Waals surface area contributed by atoms with Crippen LogP contribution in [0.25, 0.3) is 10.2 Å². The maximum atomic E-state index is 12.2. The summed E-state index contributed by atoms with van der Waals surface area (Å²) in [7, 11) is 0. The quantitative estimate of drug-likeness (QED) is 0.761. The largest absolute Gasteiger partial charge is 0.296 e. The average molecular weight is 365 g/mol. The minimum Gasteiger partial charge on any atom is -0.296 e. The number of fused-ring (bicyclic) bond motifs is 1. The van der Waals surface area contributed by atoms with Crippen LogP contribution in [0.3, 0.4) is 0 Å². The maximum Gasteiger partial charge on any atom is 0.277 e. The van der Waals surface area contributed by atoms with E-state index in [4.69, 9.17) is 0 Å². The lowest BCUT2D eigenvalue weighted by atomic mass is 10.3. The molecule has 108 valence electrons. The zero-order valence-electron chi connectivity index (χ0n) is 11.5. The first-order valence-electron chi connectivity index (χ1n) is 6.46. The number of carbonyl (C=O) groups excluding carboxylic acids is 1. The highest BCUT2D eigenvalue weighted by Gasteiger charge is 2.14. The molecule has 2 aromatic heterocycles. The van der Waals surface area contributed by atoms with Gasteiger partial charge in [0.15, 0.2) is 10.8 Å². The van der Waals surface area contributed by atoms with Crippen molar-refractivity contribution < 1.29 is 4.79 Å². The van der Waals surface area contributed by atoms with Gasteiger partial charge >= 0.3 is 0 Å². The Labute approximate surface area is 134 Å². The number of thiazole rings is 1. The number of anilines is 1. The molecule has 0 unspecified atom stereocenters. The fourth-order valence-corrected chi connectivity index (χ4v) is 3.35. The van der Waals surface area contributed by atoms with Gasteiger partial charge in [-0.15, -0.1) is 0 Å². The summed E-state index contributed by atoms with van der Waals surface area (Å²) in [5.74, 6) is -0.246. The molecule has 0 radical (unpaired) electrons. The molecule has 3 rings (SSSR count). The van der Waals surface area contributed by atoms with Crippen molar-refractivity contribution in [3.8, 4) is 0 Å². The van der Waals surface area contributed by atoms with Crippen molar-refractivity contribution in [2.75, 3.05) is 5.32 Å². The molecule has 1 aromatic carbocycles. The standard InChI is InChI=1S/C14H13BrN4OS/c1-8(2)19-7-6-10(18-19)13(20)17-14-16-12-9(15)4-3-5-11(12)21-14/h3-8H,1-2H3,(H,16,17,20). The topological polar surface area (TPSA) is 59.8 Å². The Balaban J connectivity index is 1.83. The summed E-state index contributed by atoms with van der Waals surface area (Å²) in [6, 6.07) is 7.78. The average Bonchev–Trinajstić information content (AvgIpc) is 3.05. The Morgan fingerprint density at radius 1 is 1.38 bits per heavy atom. The zero-order chi connectivity index (χ0) is 15.0. The van der Waals surface area contributed by atoms with Crippen LogP contribution in [0.2, 0.25) is 0 Å². The van der Waals surface area contributed by atoms with Gasteiger partial charge in [0.25, 0.3) is 5.91 Å². The third-order valence-electron chi connectivity index (χ3n) is 2.96. The van der Waals surface area contributed by atoms with Crippen LogP contribution in [-0.2, 0) is 0 Å². The third kappa shape index (κ3) is 2.84. The molecule has 0 spiro atoms. The molecule has 21 heavy (non-hydrogen) atoms. The number of para-hydroxylation sites is 1. The molecule has 0 saturated carbocycles. The number of carbonyl (C=O) groups is 1. The van der Waals surface area contributed by atoms with Crippen LogP contribution in [0.15, 0.2) is 34.9 Å². The van der Waals surface area contributed by atoms with Gasteiger partial charge < -0.3 is 0 Å². The molecule has 0 saturated heterocycles. The third-order valence-corrected chi connectivity index (χ3v) is 4.54. The Bertz CT molecular complexity index is 808. The summed E-state index contributed by atoms with van der Waals surface area (Å²) >= 11 is 4.90. The minimum atomic E-state index is -0.246. The zero-order valence-corrected chi connectivity index (χ0v) is 13.9.